The monoisotopic (exact) mass is 278 g/mol. The van der Waals surface area contributed by atoms with Gasteiger partial charge in [0.25, 0.3) is 0 Å². The number of amides is 1. The standard InChI is InChI=1S/C15H22N2O3/c1-16(14-7-8-17(11-14)9-10-18)15(19)20-12-13-5-3-2-4-6-13/h2-6,14,18H,7-12H2,1H3/t14-/m0/s1. The van der Waals surface area contributed by atoms with Crippen molar-refractivity contribution in [2.45, 2.75) is 19.1 Å². The topological polar surface area (TPSA) is 53.0 Å². The van der Waals surface area contributed by atoms with Crippen molar-refractivity contribution in [3.63, 3.8) is 0 Å². The van der Waals surface area contributed by atoms with E-state index in [1.54, 1.807) is 11.9 Å². The zero-order valence-corrected chi connectivity index (χ0v) is 11.9. The molecule has 110 valence electrons. The fourth-order valence-corrected chi connectivity index (χ4v) is 2.44. The number of carbonyl (C=O) groups is 1. The number of hydrogen-bond donors (Lipinski definition) is 1. The summed E-state index contributed by atoms with van der Waals surface area (Å²) >= 11 is 0. The van der Waals surface area contributed by atoms with Gasteiger partial charge in [-0.25, -0.2) is 4.79 Å². The molecular weight excluding hydrogens is 256 g/mol. The van der Waals surface area contributed by atoms with Crippen LogP contribution in [0.3, 0.4) is 0 Å². The Labute approximate surface area is 119 Å². The molecule has 0 saturated carbocycles. The van der Waals surface area contributed by atoms with Crippen LogP contribution in [0.5, 0.6) is 0 Å². The number of hydrogen-bond acceptors (Lipinski definition) is 4. The highest BCUT2D eigenvalue weighted by atomic mass is 16.6. The summed E-state index contributed by atoms with van der Waals surface area (Å²) in [5.41, 5.74) is 0.988. The highest BCUT2D eigenvalue weighted by Crippen LogP contribution is 2.15. The average molecular weight is 278 g/mol. The average Bonchev–Trinajstić information content (AvgIpc) is 2.94. The van der Waals surface area contributed by atoms with Crippen molar-refractivity contribution in [1.82, 2.24) is 9.80 Å². The van der Waals surface area contributed by atoms with Crippen LogP contribution < -0.4 is 0 Å². The molecule has 1 amide bonds. The normalized spacial score (nSPS) is 19.0. The third-order valence-electron chi connectivity index (χ3n) is 3.70. The van der Waals surface area contributed by atoms with E-state index in [0.29, 0.717) is 13.2 Å². The van der Waals surface area contributed by atoms with Gasteiger partial charge in [0.2, 0.25) is 0 Å². The molecule has 0 aliphatic carbocycles. The van der Waals surface area contributed by atoms with Crippen LogP contribution in [-0.4, -0.2) is 60.3 Å². The number of ether oxygens (including phenoxy) is 1. The molecule has 1 atom stereocenters. The minimum Gasteiger partial charge on any atom is -0.445 e. The Balaban J connectivity index is 1.78. The zero-order chi connectivity index (χ0) is 14.4. The van der Waals surface area contributed by atoms with E-state index in [0.717, 1.165) is 25.1 Å². The smallest absolute Gasteiger partial charge is 0.410 e. The largest absolute Gasteiger partial charge is 0.445 e. The summed E-state index contributed by atoms with van der Waals surface area (Å²) < 4.78 is 5.32. The molecule has 5 nitrogen and oxygen atoms in total. The number of likely N-dealkylation sites (N-methyl/N-ethyl adjacent to an activating group) is 1. The van der Waals surface area contributed by atoms with Crippen molar-refractivity contribution in [3.05, 3.63) is 35.9 Å². The first kappa shape index (κ1) is 14.8. The predicted molar refractivity (Wildman–Crippen MR) is 76.3 cm³/mol. The first-order valence-electron chi connectivity index (χ1n) is 6.97. The van der Waals surface area contributed by atoms with Gasteiger partial charge in [0.1, 0.15) is 6.61 Å². The van der Waals surface area contributed by atoms with Crippen molar-refractivity contribution in [1.29, 1.82) is 0 Å². The van der Waals surface area contributed by atoms with Crippen LogP contribution in [0, 0.1) is 0 Å². The van der Waals surface area contributed by atoms with Crippen LogP contribution in [0.2, 0.25) is 0 Å². The Morgan fingerprint density at radius 1 is 1.45 bits per heavy atom. The minimum absolute atomic E-state index is 0.162. The Kier molecular flexibility index (Phi) is 5.38. The molecule has 1 fully saturated rings. The van der Waals surface area contributed by atoms with Gasteiger partial charge in [-0.05, 0) is 12.0 Å². The summed E-state index contributed by atoms with van der Waals surface area (Å²) in [5.74, 6) is 0. The van der Waals surface area contributed by atoms with Gasteiger partial charge >= 0.3 is 6.09 Å². The number of nitrogens with zero attached hydrogens (tertiary/aromatic N) is 2. The first-order chi connectivity index (χ1) is 9.70. The number of aliphatic hydroxyl groups is 1. The lowest BCUT2D eigenvalue weighted by Gasteiger charge is -2.24. The van der Waals surface area contributed by atoms with E-state index in [2.05, 4.69) is 4.90 Å². The molecule has 1 aliphatic rings. The summed E-state index contributed by atoms with van der Waals surface area (Å²) in [4.78, 5) is 15.8. The van der Waals surface area contributed by atoms with Gasteiger partial charge in [0.05, 0.1) is 6.61 Å². The number of likely N-dealkylation sites (tertiary alicyclic amines) is 1. The van der Waals surface area contributed by atoms with E-state index in [4.69, 9.17) is 9.84 Å². The lowest BCUT2D eigenvalue weighted by Crippen LogP contribution is -2.39. The maximum atomic E-state index is 12.0. The molecule has 0 bridgehead atoms. The summed E-state index contributed by atoms with van der Waals surface area (Å²) in [5, 5.41) is 8.92. The Bertz CT molecular complexity index is 424. The summed E-state index contributed by atoms with van der Waals surface area (Å²) in [7, 11) is 1.78. The van der Waals surface area contributed by atoms with E-state index < -0.39 is 0 Å². The molecule has 0 spiro atoms. The Morgan fingerprint density at radius 3 is 2.90 bits per heavy atom. The van der Waals surface area contributed by atoms with Gasteiger partial charge in [0, 0.05) is 32.7 Å². The van der Waals surface area contributed by atoms with E-state index in [9.17, 15) is 4.79 Å². The molecule has 2 rings (SSSR count). The van der Waals surface area contributed by atoms with Crippen LogP contribution in [0.25, 0.3) is 0 Å². The predicted octanol–water partition coefficient (Wildman–Crippen LogP) is 1.32. The van der Waals surface area contributed by atoms with Crippen LogP contribution >= 0.6 is 0 Å². The van der Waals surface area contributed by atoms with Gasteiger partial charge in [-0.1, -0.05) is 30.3 Å². The van der Waals surface area contributed by atoms with Crippen molar-refractivity contribution < 1.29 is 14.6 Å². The van der Waals surface area contributed by atoms with E-state index in [1.807, 2.05) is 30.3 Å². The van der Waals surface area contributed by atoms with Crippen LogP contribution in [-0.2, 0) is 11.3 Å². The highest BCUT2D eigenvalue weighted by Gasteiger charge is 2.28. The van der Waals surface area contributed by atoms with Crippen molar-refractivity contribution in [2.24, 2.45) is 0 Å². The summed E-state index contributed by atoms with van der Waals surface area (Å²) in [6, 6.07) is 9.83. The summed E-state index contributed by atoms with van der Waals surface area (Å²) in [6.07, 6.45) is 0.640. The SMILES string of the molecule is CN(C(=O)OCc1ccccc1)[C@H]1CCN(CCO)C1. The van der Waals surface area contributed by atoms with Crippen molar-refractivity contribution >= 4 is 6.09 Å². The number of aliphatic hydroxyl groups excluding tert-OH is 1. The summed E-state index contributed by atoms with van der Waals surface area (Å²) in [6.45, 7) is 2.86. The molecule has 20 heavy (non-hydrogen) atoms. The highest BCUT2D eigenvalue weighted by molar-refractivity contribution is 5.67. The molecule has 1 aliphatic heterocycles. The lowest BCUT2D eigenvalue weighted by atomic mass is 10.2. The fraction of sp³-hybridized carbons (Fsp3) is 0.533. The molecule has 1 aromatic rings. The number of carbonyl (C=O) groups excluding carboxylic acids is 1. The molecule has 0 unspecified atom stereocenters. The molecule has 0 radical (unpaired) electrons. The quantitative estimate of drug-likeness (QED) is 0.882. The van der Waals surface area contributed by atoms with Gasteiger partial charge in [-0.15, -0.1) is 0 Å². The Morgan fingerprint density at radius 2 is 2.20 bits per heavy atom. The van der Waals surface area contributed by atoms with Gasteiger partial charge in [-0.2, -0.15) is 0 Å². The van der Waals surface area contributed by atoms with Gasteiger partial charge in [-0.3, -0.25) is 4.90 Å². The van der Waals surface area contributed by atoms with Gasteiger partial charge < -0.3 is 14.7 Å². The second kappa shape index (κ2) is 7.26. The van der Waals surface area contributed by atoms with E-state index in [1.165, 1.54) is 0 Å². The second-order valence-electron chi connectivity index (χ2n) is 5.12. The molecule has 1 heterocycles. The van der Waals surface area contributed by atoms with E-state index >= 15 is 0 Å². The number of benzene rings is 1. The maximum Gasteiger partial charge on any atom is 0.410 e. The maximum absolute atomic E-state index is 12.0. The first-order valence-corrected chi connectivity index (χ1v) is 6.97. The van der Waals surface area contributed by atoms with Crippen LogP contribution in [0.15, 0.2) is 30.3 Å². The zero-order valence-electron chi connectivity index (χ0n) is 11.9. The fourth-order valence-electron chi connectivity index (χ4n) is 2.44. The van der Waals surface area contributed by atoms with Gasteiger partial charge in [0.15, 0.2) is 0 Å². The van der Waals surface area contributed by atoms with Crippen LogP contribution in [0.4, 0.5) is 4.79 Å². The second-order valence-corrected chi connectivity index (χ2v) is 5.12. The lowest BCUT2D eigenvalue weighted by molar-refractivity contribution is 0.0912. The van der Waals surface area contributed by atoms with E-state index in [-0.39, 0.29) is 18.7 Å². The van der Waals surface area contributed by atoms with Crippen molar-refractivity contribution in [2.75, 3.05) is 33.3 Å². The molecule has 0 aromatic heterocycles. The molecular formula is C15H22N2O3. The number of rotatable bonds is 5. The van der Waals surface area contributed by atoms with Crippen molar-refractivity contribution in [3.8, 4) is 0 Å². The number of β-amino-alcohol motifs (C(OH)–C–C–N with tert-alkyl or cyclic N) is 1. The molecule has 5 heteroatoms. The molecule has 1 N–H and O–H groups in total. The Hall–Kier alpha value is -1.59. The third-order valence-corrected chi connectivity index (χ3v) is 3.70. The molecule has 1 aromatic carbocycles. The minimum atomic E-state index is -0.287. The molecule has 1 saturated heterocycles. The third kappa shape index (κ3) is 3.95. The van der Waals surface area contributed by atoms with Crippen LogP contribution in [0.1, 0.15) is 12.0 Å².